The monoisotopic (exact) mass is 1380 g/mol. The highest BCUT2D eigenvalue weighted by Gasteiger charge is 2.36. The number of anilines is 2. The Morgan fingerprint density at radius 1 is 0.441 bits per heavy atom. The van der Waals surface area contributed by atoms with Gasteiger partial charge in [-0.25, -0.2) is 42.5 Å². The molecule has 6 rings (SSSR count). The van der Waals surface area contributed by atoms with E-state index in [0.29, 0.717) is 6.42 Å². The van der Waals surface area contributed by atoms with Crippen LogP contribution in [0.2, 0.25) is 0 Å². The number of nitrogens with two attached hydrogens (primary N) is 1. The van der Waals surface area contributed by atoms with Crippen LogP contribution in [-0.4, -0.2) is 240 Å². The zero-order valence-corrected chi connectivity index (χ0v) is 57.1. The molecule has 8 N–H and O–H groups in total. The van der Waals surface area contributed by atoms with Crippen molar-refractivity contribution in [3.8, 4) is 0 Å². The fourth-order valence-electron chi connectivity index (χ4n) is 9.02. The SMILES string of the molecule is C=CCN(C[C@@H](O)CC)S(C)(=O)=O.C=CCN(C[C@@H](O)CN)S(C)(=O)=O.C=CCN(C[C@H](O)CNc1ccc(NC[C@H](O)CN(CC=C)S(C)(=O)=O)c2c1C(=O)c1ccccc1C2=O)S(C)(=O)=O.CCN(CC)CC.O=C1c2ccccc2C(=O)c2c(F)ccc(F)c21. The number of hydrogen-bond donors (Lipinski definition) is 7. The lowest BCUT2D eigenvalue weighted by Crippen LogP contribution is -2.40. The summed E-state index contributed by atoms with van der Waals surface area (Å²) >= 11 is 0. The maximum absolute atomic E-state index is 13.6. The van der Waals surface area contributed by atoms with Crippen molar-refractivity contribution in [2.45, 2.75) is 58.5 Å². The van der Waals surface area contributed by atoms with E-state index < -0.39 is 110 Å². The molecule has 4 atom stereocenters. The molecular formula is C63H90F2N8O16S4. The predicted molar refractivity (Wildman–Crippen MR) is 360 cm³/mol. The van der Waals surface area contributed by atoms with Crippen molar-refractivity contribution in [1.29, 1.82) is 0 Å². The zero-order valence-electron chi connectivity index (χ0n) is 53.9. The van der Waals surface area contributed by atoms with Gasteiger partial charge in [-0.15, -0.1) is 26.3 Å². The molecule has 0 radical (unpaired) electrons. The maximum atomic E-state index is 13.6. The van der Waals surface area contributed by atoms with Crippen molar-refractivity contribution in [2.75, 3.05) is 127 Å². The van der Waals surface area contributed by atoms with Crippen LogP contribution in [0.25, 0.3) is 0 Å². The minimum absolute atomic E-state index is 0.0107. The maximum Gasteiger partial charge on any atom is 0.211 e. The van der Waals surface area contributed by atoms with E-state index in [2.05, 4.69) is 62.6 Å². The minimum atomic E-state index is -3.60. The van der Waals surface area contributed by atoms with Gasteiger partial charge in [-0.3, -0.25) is 19.2 Å². The lowest BCUT2D eigenvalue weighted by molar-refractivity contribution is 0.0972. The molecule has 0 aliphatic heterocycles. The smallest absolute Gasteiger partial charge is 0.211 e. The Balaban J connectivity index is 0.000000470. The summed E-state index contributed by atoms with van der Waals surface area (Å²) in [6, 6.07) is 17.2. The number of halogens is 2. The number of carbonyl (C=O) groups excluding carboxylic acids is 4. The fourth-order valence-corrected chi connectivity index (χ4v) is 12.3. The van der Waals surface area contributed by atoms with Crippen LogP contribution in [0, 0.1) is 11.6 Å². The number of benzene rings is 4. The highest BCUT2D eigenvalue weighted by molar-refractivity contribution is 7.89. The van der Waals surface area contributed by atoms with E-state index in [9.17, 15) is 76.9 Å². The Kier molecular flexibility index (Phi) is 34.3. The van der Waals surface area contributed by atoms with Crippen LogP contribution >= 0.6 is 0 Å². The van der Waals surface area contributed by atoms with Crippen LogP contribution in [0.1, 0.15) is 97.8 Å². The van der Waals surface area contributed by atoms with E-state index in [1.807, 2.05) is 0 Å². The quantitative estimate of drug-likeness (QED) is 0.0303. The van der Waals surface area contributed by atoms with E-state index in [-0.39, 0.29) is 117 Å². The molecule has 0 unspecified atom stereocenters. The Morgan fingerprint density at radius 3 is 0.925 bits per heavy atom. The van der Waals surface area contributed by atoms with Gasteiger partial charge in [0.25, 0.3) is 0 Å². The molecule has 2 aliphatic carbocycles. The second kappa shape index (κ2) is 38.7. The van der Waals surface area contributed by atoms with Crippen LogP contribution in [-0.2, 0) is 40.1 Å². The predicted octanol–water partition coefficient (Wildman–Crippen LogP) is 3.95. The Labute approximate surface area is 547 Å². The highest BCUT2D eigenvalue weighted by Crippen LogP contribution is 2.37. The number of aliphatic hydroxyl groups excluding tert-OH is 4. The third-order valence-electron chi connectivity index (χ3n) is 14.1. The molecule has 0 heterocycles. The normalized spacial score (nSPS) is 14.0. The first kappa shape index (κ1) is 82.5. The molecule has 4 aromatic carbocycles. The molecule has 0 fully saturated rings. The average molecular weight is 1380 g/mol. The van der Waals surface area contributed by atoms with Crippen LogP contribution in [0.3, 0.4) is 0 Å². The minimum Gasteiger partial charge on any atom is -0.392 e. The lowest BCUT2D eigenvalue weighted by atomic mass is 9.82. The van der Waals surface area contributed by atoms with Crippen molar-refractivity contribution in [2.24, 2.45) is 5.73 Å². The van der Waals surface area contributed by atoms with Gasteiger partial charge >= 0.3 is 0 Å². The second-order valence-electron chi connectivity index (χ2n) is 21.2. The van der Waals surface area contributed by atoms with Gasteiger partial charge in [0, 0.05) is 106 Å². The molecule has 0 amide bonds. The number of nitrogens with one attached hydrogen (secondary N) is 2. The molecule has 0 saturated heterocycles. The van der Waals surface area contributed by atoms with Gasteiger partial charge in [0.1, 0.15) is 11.6 Å². The van der Waals surface area contributed by atoms with Crippen molar-refractivity contribution < 1.29 is 82.1 Å². The summed E-state index contributed by atoms with van der Waals surface area (Å²) in [6.07, 6.45) is 6.84. The van der Waals surface area contributed by atoms with Gasteiger partial charge in [-0.2, -0.15) is 17.2 Å². The second-order valence-corrected chi connectivity index (χ2v) is 29.1. The summed E-state index contributed by atoms with van der Waals surface area (Å²) in [6.45, 7) is 25.9. The van der Waals surface area contributed by atoms with Gasteiger partial charge in [0.05, 0.1) is 71.7 Å². The Bertz CT molecular complexity index is 3470. The molecule has 516 valence electrons. The van der Waals surface area contributed by atoms with Gasteiger partial charge in [-0.1, -0.05) is 101 Å². The number of hydrogen-bond acceptors (Lipinski definition) is 20. The van der Waals surface area contributed by atoms with E-state index in [4.69, 9.17) is 10.8 Å². The van der Waals surface area contributed by atoms with Crippen molar-refractivity contribution in [3.63, 3.8) is 0 Å². The number of fused-ring (bicyclic) bond motifs is 4. The van der Waals surface area contributed by atoms with Gasteiger partial charge in [0.2, 0.25) is 40.1 Å². The molecule has 0 spiro atoms. The first-order valence-corrected chi connectivity index (χ1v) is 36.7. The summed E-state index contributed by atoms with van der Waals surface area (Å²) in [7, 11) is -13.7. The molecule has 4 aromatic rings. The van der Waals surface area contributed by atoms with Gasteiger partial charge in [-0.05, 0) is 50.3 Å². The van der Waals surface area contributed by atoms with Crippen LogP contribution in [0.15, 0.2) is 123 Å². The third-order valence-corrected chi connectivity index (χ3v) is 19.0. The molecule has 0 bridgehead atoms. The Morgan fingerprint density at radius 2 is 0.699 bits per heavy atom. The standard InChI is InChI=1S/C28H36N4O8S2.C14H6F2O2.C8H17NO3S.C7H16N2O3S.C6H15N/c1-5-13-31(41(3,37)38)17-19(33)15-29-23-11-12-24(30-16-20(34)18-32(14-6-2)42(4,39)40)26-25(23)27(35)21-9-7-8-10-22(21)28(26)36;15-9-5-6-10(16)12-11(9)13(17)7-3-1-2-4-8(7)14(12)18;1-4-6-9(13(3,11)12)7-8(10)5-2;1-3-4-9(13(2,11)12)6-7(10)5-8;1-4-7(5-2)6-3/h5-12,19-20,29-30,33-34H,1-2,13-18H2,3-4H3;1-6H;4,8,10H,1,5-7H2,2-3H3;3,7,10H,1,4-6,8H2,2H3;4-6H2,1-3H3/t19-,20+;;8-;7-;/m..00./s1. The average Bonchev–Trinajstić information content (AvgIpc) is 0.757. The number of sulfonamides is 4. The van der Waals surface area contributed by atoms with Crippen LogP contribution in [0.5, 0.6) is 0 Å². The van der Waals surface area contributed by atoms with Crippen molar-refractivity contribution >= 4 is 74.6 Å². The third kappa shape index (κ3) is 25.2. The van der Waals surface area contributed by atoms with Gasteiger partial charge < -0.3 is 41.7 Å². The zero-order chi connectivity index (χ0) is 70.8. The van der Waals surface area contributed by atoms with E-state index in [1.54, 1.807) is 43.3 Å². The lowest BCUT2D eigenvalue weighted by Gasteiger charge is -2.26. The van der Waals surface area contributed by atoms with Gasteiger partial charge in [0.15, 0.2) is 23.1 Å². The van der Waals surface area contributed by atoms with E-state index in [0.717, 1.165) is 50.1 Å². The fraction of sp³-hybridized carbons (Fsp3) is 0.429. The van der Waals surface area contributed by atoms with Crippen LogP contribution < -0.4 is 16.4 Å². The molecule has 30 heteroatoms. The number of ketones is 4. The number of aliphatic hydroxyl groups is 4. The number of carbonyl (C=O) groups is 4. The van der Waals surface area contributed by atoms with Crippen molar-refractivity contribution in [3.05, 3.63) is 180 Å². The highest BCUT2D eigenvalue weighted by atomic mass is 32.2. The molecule has 24 nitrogen and oxygen atoms in total. The molecule has 93 heavy (non-hydrogen) atoms. The number of nitrogens with zero attached hydrogens (tertiary/aromatic N) is 5. The summed E-state index contributed by atoms with van der Waals surface area (Å²) in [5.41, 5.74) is 5.48. The molecule has 0 aromatic heterocycles. The molecule has 0 saturated carbocycles. The largest absolute Gasteiger partial charge is 0.392 e. The van der Waals surface area contributed by atoms with Crippen LogP contribution in [0.4, 0.5) is 20.2 Å². The van der Waals surface area contributed by atoms with E-state index in [1.165, 1.54) is 72.5 Å². The summed E-state index contributed by atoms with van der Waals surface area (Å²) < 4.78 is 124. The summed E-state index contributed by atoms with van der Waals surface area (Å²) in [4.78, 5) is 53.7. The molecule has 2 aliphatic rings. The van der Waals surface area contributed by atoms with Crippen molar-refractivity contribution in [1.82, 2.24) is 22.1 Å². The summed E-state index contributed by atoms with van der Waals surface area (Å²) in [5, 5.41) is 45.5. The first-order valence-electron chi connectivity index (χ1n) is 29.4. The molecular weight excluding hydrogens is 1290 g/mol. The Hall–Kier alpha value is -6.62. The topological polar surface area (TPSA) is 352 Å². The number of rotatable bonds is 31. The first-order chi connectivity index (χ1) is 43.5. The van der Waals surface area contributed by atoms with E-state index >= 15 is 0 Å². The summed E-state index contributed by atoms with van der Waals surface area (Å²) in [5.74, 6) is -3.92.